The molecule has 0 saturated heterocycles. The minimum atomic E-state index is -3.29. The summed E-state index contributed by atoms with van der Waals surface area (Å²) in [4.78, 5) is 0.261. The number of thioether (sulfide) groups is 1. The number of hydrogen-bond acceptors (Lipinski definition) is 4. The molecular weight excluding hydrogens is 304 g/mol. The van der Waals surface area contributed by atoms with Crippen molar-refractivity contribution in [2.45, 2.75) is 30.6 Å². The van der Waals surface area contributed by atoms with E-state index in [1.165, 1.54) is 31.7 Å². The third-order valence-electron chi connectivity index (χ3n) is 3.83. The molecule has 21 heavy (non-hydrogen) atoms. The Morgan fingerprint density at radius 2 is 2.05 bits per heavy atom. The van der Waals surface area contributed by atoms with Crippen LogP contribution in [-0.2, 0) is 9.84 Å². The van der Waals surface area contributed by atoms with E-state index in [4.69, 9.17) is 11.1 Å². The molecule has 6 heteroatoms. The van der Waals surface area contributed by atoms with Gasteiger partial charge in [-0.05, 0) is 36.6 Å². The summed E-state index contributed by atoms with van der Waals surface area (Å²) in [7, 11) is -3.29. The summed E-state index contributed by atoms with van der Waals surface area (Å²) >= 11 is 1.74. The summed E-state index contributed by atoms with van der Waals surface area (Å²) in [5.41, 5.74) is 5.86. The number of benzene rings is 1. The number of nitrogen functional groups attached to an aromatic ring is 1. The first-order valence-corrected chi connectivity index (χ1v) is 10.0. The van der Waals surface area contributed by atoms with Crippen molar-refractivity contribution in [1.29, 1.82) is 5.41 Å². The van der Waals surface area contributed by atoms with E-state index in [1.807, 2.05) is 0 Å². The Bertz CT molecular complexity index is 593. The van der Waals surface area contributed by atoms with Crippen LogP contribution >= 0.6 is 11.8 Å². The highest BCUT2D eigenvalue weighted by atomic mass is 32.2. The molecule has 0 amide bonds. The first kappa shape index (κ1) is 16.4. The van der Waals surface area contributed by atoms with Crippen LogP contribution in [0.2, 0.25) is 0 Å². The average molecular weight is 326 g/mol. The molecule has 1 aliphatic carbocycles. The molecular formula is C15H22N2O2S2. The SMILES string of the molecule is N=C(N)c1cccc(S(=O)(=O)CCSCC2CCCC2)c1. The molecule has 0 atom stereocenters. The van der Waals surface area contributed by atoms with E-state index in [0.29, 0.717) is 11.3 Å². The molecule has 0 aromatic heterocycles. The summed E-state index contributed by atoms with van der Waals surface area (Å²) in [5.74, 6) is 2.51. The zero-order valence-corrected chi connectivity index (χ0v) is 13.7. The van der Waals surface area contributed by atoms with Crippen LogP contribution in [0.5, 0.6) is 0 Å². The van der Waals surface area contributed by atoms with Gasteiger partial charge in [-0.2, -0.15) is 11.8 Å². The molecule has 116 valence electrons. The van der Waals surface area contributed by atoms with Crippen LogP contribution < -0.4 is 5.73 Å². The Morgan fingerprint density at radius 3 is 2.71 bits per heavy atom. The molecule has 1 saturated carbocycles. The van der Waals surface area contributed by atoms with Gasteiger partial charge >= 0.3 is 0 Å². The molecule has 1 aromatic rings. The van der Waals surface area contributed by atoms with Crippen molar-refractivity contribution in [2.75, 3.05) is 17.3 Å². The summed E-state index contributed by atoms with van der Waals surface area (Å²) < 4.78 is 24.6. The van der Waals surface area contributed by atoms with Crippen LogP contribution in [0.3, 0.4) is 0 Å². The summed E-state index contributed by atoms with van der Waals surface area (Å²) in [6.45, 7) is 0. The molecule has 1 fully saturated rings. The normalized spacial score (nSPS) is 16.2. The molecule has 0 bridgehead atoms. The lowest BCUT2D eigenvalue weighted by molar-refractivity contribution is 0.597. The molecule has 4 nitrogen and oxygen atoms in total. The minimum Gasteiger partial charge on any atom is -0.384 e. The maximum Gasteiger partial charge on any atom is 0.179 e. The lowest BCUT2D eigenvalue weighted by Gasteiger charge is -2.09. The zero-order chi connectivity index (χ0) is 15.3. The van der Waals surface area contributed by atoms with Gasteiger partial charge in [-0.1, -0.05) is 25.0 Å². The number of hydrogen-bond donors (Lipinski definition) is 2. The van der Waals surface area contributed by atoms with Crippen LogP contribution in [0, 0.1) is 11.3 Å². The number of nitrogens with two attached hydrogens (primary N) is 1. The van der Waals surface area contributed by atoms with Crippen LogP contribution in [0.4, 0.5) is 0 Å². The van der Waals surface area contributed by atoms with Gasteiger partial charge in [-0.3, -0.25) is 5.41 Å². The fraction of sp³-hybridized carbons (Fsp3) is 0.533. The lowest BCUT2D eigenvalue weighted by atomic mass is 10.1. The number of sulfone groups is 1. The van der Waals surface area contributed by atoms with Gasteiger partial charge in [0.1, 0.15) is 5.84 Å². The highest BCUT2D eigenvalue weighted by Crippen LogP contribution is 2.28. The standard InChI is InChI=1S/C15H22N2O2S2/c16-15(17)13-6-3-7-14(10-13)21(18,19)9-8-20-11-12-4-1-2-5-12/h3,6-7,10,12H,1-2,4-5,8-9,11H2,(H3,16,17). The molecule has 0 spiro atoms. The zero-order valence-electron chi connectivity index (χ0n) is 12.0. The molecule has 0 unspecified atom stereocenters. The number of amidine groups is 1. The van der Waals surface area contributed by atoms with Crippen LogP contribution in [0.15, 0.2) is 29.2 Å². The molecule has 0 heterocycles. The van der Waals surface area contributed by atoms with Crippen molar-refractivity contribution in [3.05, 3.63) is 29.8 Å². The van der Waals surface area contributed by atoms with Crippen molar-refractivity contribution in [1.82, 2.24) is 0 Å². The average Bonchev–Trinajstić information content (AvgIpc) is 2.97. The predicted octanol–water partition coefficient (Wildman–Crippen LogP) is 2.67. The van der Waals surface area contributed by atoms with Crippen LogP contribution in [-0.4, -0.2) is 31.5 Å². The van der Waals surface area contributed by atoms with Crippen molar-refractivity contribution >= 4 is 27.4 Å². The third-order valence-corrected chi connectivity index (χ3v) is 7.00. The van der Waals surface area contributed by atoms with E-state index >= 15 is 0 Å². The molecule has 0 aliphatic heterocycles. The van der Waals surface area contributed by atoms with Crippen molar-refractivity contribution < 1.29 is 8.42 Å². The number of rotatable bonds is 7. The minimum absolute atomic E-state index is 0.109. The van der Waals surface area contributed by atoms with Gasteiger partial charge in [0.25, 0.3) is 0 Å². The Balaban J connectivity index is 1.88. The van der Waals surface area contributed by atoms with E-state index in [2.05, 4.69) is 0 Å². The van der Waals surface area contributed by atoms with Gasteiger partial charge in [-0.15, -0.1) is 0 Å². The summed E-state index contributed by atoms with van der Waals surface area (Å²) in [5, 5.41) is 7.38. The second-order valence-electron chi connectivity index (χ2n) is 5.49. The molecule has 0 radical (unpaired) electrons. The van der Waals surface area contributed by atoms with Gasteiger partial charge in [0.15, 0.2) is 9.84 Å². The highest BCUT2D eigenvalue weighted by molar-refractivity contribution is 8.00. The maximum atomic E-state index is 12.3. The molecule has 3 N–H and O–H groups in total. The maximum absolute atomic E-state index is 12.3. The topological polar surface area (TPSA) is 84.0 Å². The second kappa shape index (κ2) is 7.31. The Labute approximate surface area is 130 Å². The Hall–Kier alpha value is -1.01. The van der Waals surface area contributed by atoms with Gasteiger partial charge < -0.3 is 5.73 Å². The van der Waals surface area contributed by atoms with Gasteiger partial charge in [0, 0.05) is 11.3 Å². The Morgan fingerprint density at radius 1 is 1.33 bits per heavy atom. The predicted molar refractivity (Wildman–Crippen MR) is 88.8 cm³/mol. The van der Waals surface area contributed by atoms with E-state index in [9.17, 15) is 8.42 Å². The second-order valence-corrected chi connectivity index (χ2v) is 8.74. The largest absolute Gasteiger partial charge is 0.384 e. The monoisotopic (exact) mass is 326 g/mol. The third kappa shape index (κ3) is 4.74. The number of nitrogens with one attached hydrogen (secondary N) is 1. The fourth-order valence-corrected chi connectivity index (χ4v) is 5.58. The molecule has 1 aliphatic rings. The van der Waals surface area contributed by atoms with Crippen LogP contribution in [0.25, 0.3) is 0 Å². The van der Waals surface area contributed by atoms with Gasteiger partial charge in [0.2, 0.25) is 0 Å². The van der Waals surface area contributed by atoms with E-state index in [1.54, 1.807) is 30.0 Å². The molecule has 2 rings (SSSR count). The quantitative estimate of drug-likeness (QED) is 0.458. The smallest absolute Gasteiger partial charge is 0.179 e. The van der Waals surface area contributed by atoms with E-state index < -0.39 is 9.84 Å². The molecule has 1 aromatic carbocycles. The van der Waals surface area contributed by atoms with E-state index in [0.717, 1.165) is 11.7 Å². The lowest BCUT2D eigenvalue weighted by Crippen LogP contribution is -2.14. The fourth-order valence-electron chi connectivity index (χ4n) is 2.57. The first-order chi connectivity index (χ1) is 9.99. The highest BCUT2D eigenvalue weighted by Gasteiger charge is 2.17. The van der Waals surface area contributed by atoms with E-state index in [-0.39, 0.29) is 16.5 Å². The van der Waals surface area contributed by atoms with Crippen LogP contribution in [0.1, 0.15) is 31.2 Å². The summed E-state index contributed by atoms with van der Waals surface area (Å²) in [6.07, 6.45) is 5.23. The van der Waals surface area contributed by atoms with Gasteiger partial charge in [0.05, 0.1) is 10.6 Å². The van der Waals surface area contributed by atoms with Crippen molar-refractivity contribution in [2.24, 2.45) is 11.7 Å². The first-order valence-electron chi connectivity index (χ1n) is 7.24. The van der Waals surface area contributed by atoms with Crippen molar-refractivity contribution in [3.8, 4) is 0 Å². The summed E-state index contributed by atoms with van der Waals surface area (Å²) in [6, 6.07) is 6.34. The van der Waals surface area contributed by atoms with Crippen molar-refractivity contribution in [3.63, 3.8) is 0 Å². The Kier molecular flexibility index (Phi) is 5.70. The van der Waals surface area contributed by atoms with Gasteiger partial charge in [-0.25, -0.2) is 8.42 Å².